The number of hydrogen-bond acceptors (Lipinski definition) is 5. The maximum Gasteiger partial charge on any atom is 0.404 e. The van der Waals surface area contributed by atoms with E-state index in [2.05, 4.69) is 22.9 Å². The van der Waals surface area contributed by atoms with Crippen LogP contribution in [0.5, 0.6) is 0 Å². The predicted octanol–water partition coefficient (Wildman–Crippen LogP) is 3.49. The van der Waals surface area contributed by atoms with E-state index >= 15 is 0 Å². The Balaban J connectivity index is 1.83. The molecule has 1 aromatic rings. The van der Waals surface area contributed by atoms with Crippen molar-refractivity contribution < 1.29 is 24.2 Å². The Morgan fingerprint density at radius 2 is 2.18 bits per heavy atom. The van der Waals surface area contributed by atoms with Gasteiger partial charge in [0.2, 0.25) is 0 Å². The number of likely N-dealkylation sites (N-methyl/N-ethyl adjacent to an activating group) is 1. The number of benzene rings is 1. The Morgan fingerprint density at radius 1 is 1.35 bits per heavy atom. The van der Waals surface area contributed by atoms with E-state index in [0.717, 1.165) is 38.2 Å². The fourth-order valence-corrected chi connectivity index (χ4v) is 4.29. The second kappa shape index (κ2) is 15.8. The first-order valence-electron chi connectivity index (χ1n) is 12.0. The van der Waals surface area contributed by atoms with Crippen LogP contribution in [0.2, 0.25) is 5.02 Å². The van der Waals surface area contributed by atoms with Gasteiger partial charge >= 0.3 is 12.1 Å². The van der Waals surface area contributed by atoms with Crippen molar-refractivity contribution in [2.45, 2.75) is 44.8 Å². The molecule has 34 heavy (non-hydrogen) atoms. The van der Waals surface area contributed by atoms with Gasteiger partial charge in [0.1, 0.15) is 0 Å². The molecule has 0 spiro atoms. The molecular formula is C24H39ClN4O5. The summed E-state index contributed by atoms with van der Waals surface area (Å²) in [6, 6.07) is 7.44. The summed E-state index contributed by atoms with van der Waals surface area (Å²) in [4.78, 5) is 25.0. The molecule has 192 valence electrons. The summed E-state index contributed by atoms with van der Waals surface area (Å²) in [6.07, 6.45) is 2.39. The minimum Gasteiger partial charge on any atom is -0.465 e. The highest BCUT2D eigenvalue weighted by Gasteiger charge is 2.21. The smallest absolute Gasteiger partial charge is 0.404 e. The van der Waals surface area contributed by atoms with Crippen molar-refractivity contribution in [1.82, 2.24) is 20.9 Å². The van der Waals surface area contributed by atoms with E-state index in [1.54, 1.807) is 18.0 Å². The van der Waals surface area contributed by atoms with E-state index in [1.807, 2.05) is 18.2 Å². The van der Waals surface area contributed by atoms with Gasteiger partial charge in [-0.1, -0.05) is 30.7 Å². The fourth-order valence-electron chi connectivity index (χ4n) is 4.09. The minimum absolute atomic E-state index is 0.139. The lowest BCUT2D eigenvalue weighted by atomic mass is 9.94. The summed E-state index contributed by atoms with van der Waals surface area (Å²) in [5, 5.41) is 18.1. The van der Waals surface area contributed by atoms with Gasteiger partial charge in [0.25, 0.3) is 0 Å². The van der Waals surface area contributed by atoms with Crippen LogP contribution in [0.15, 0.2) is 24.3 Å². The van der Waals surface area contributed by atoms with Crippen LogP contribution in [0.1, 0.15) is 44.3 Å². The van der Waals surface area contributed by atoms with E-state index in [-0.39, 0.29) is 31.3 Å². The molecule has 0 saturated carbocycles. The first kappa shape index (κ1) is 28.2. The van der Waals surface area contributed by atoms with Gasteiger partial charge in [0.05, 0.1) is 12.7 Å². The zero-order valence-corrected chi connectivity index (χ0v) is 21.0. The second-order valence-corrected chi connectivity index (χ2v) is 9.05. The third kappa shape index (κ3) is 10.9. The molecule has 2 rings (SSSR count). The SMILES string of the molecule is CCN[C@H](CNC(=O)N(C)CC[C@@H](OCCNC(=O)O)c1cccc(Cl)c1)C[C@H]1CCCOC1. The first-order chi connectivity index (χ1) is 16.4. The van der Waals surface area contributed by atoms with Crippen LogP contribution in [0, 0.1) is 5.92 Å². The molecule has 10 heteroatoms. The van der Waals surface area contributed by atoms with E-state index in [4.69, 9.17) is 26.2 Å². The zero-order valence-electron chi connectivity index (χ0n) is 20.2. The molecule has 1 heterocycles. The number of hydrogen-bond donors (Lipinski definition) is 4. The Morgan fingerprint density at radius 3 is 2.85 bits per heavy atom. The molecule has 1 fully saturated rings. The van der Waals surface area contributed by atoms with Crippen molar-refractivity contribution in [2.75, 3.05) is 53.0 Å². The van der Waals surface area contributed by atoms with Crippen LogP contribution in [-0.4, -0.2) is 81.2 Å². The molecule has 0 radical (unpaired) electrons. The Kier molecular flexibility index (Phi) is 13.1. The summed E-state index contributed by atoms with van der Waals surface area (Å²) in [5.74, 6) is 0.527. The van der Waals surface area contributed by atoms with Crippen LogP contribution in [0.4, 0.5) is 9.59 Å². The van der Waals surface area contributed by atoms with Gasteiger partial charge in [-0.2, -0.15) is 0 Å². The van der Waals surface area contributed by atoms with E-state index in [0.29, 0.717) is 30.5 Å². The van der Waals surface area contributed by atoms with Crippen molar-refractivity contribution in [2.24, 2.45) is 5.92 Å². The summed E-state index contributed by atoms with van der Waals surface area (Å²) < 4.78 is 11.5. The van der Waals surface area contributed by atoms with Crippen molar-refractivity contribution >= 4 is 23.7 Å². The Bertz CT molecular complexity index is 748. The van der Waals surface area contributed by atoms with Crippen molar-refractivity contribution in [3.8, 4) is 0 Å². The average molecular weight is 499 g/mol. The Labute approximate surface area is 207 Å². The van der Waals surface area contributed by atoms with Crippen molar-refractivity contribution in [1.29, 1.82) is 0 Å². The number of amides is 3. The van der Waals surface area contributed by atoms with Gasteiger partial charge in [-0.05, 0) is 55.8 Å². The predicted molar refractivity (Wildman–Crippen MR) is 132 cm³/mol. The van der Waals surface area contributed by atoms with Crippen LogP contribution >= 0.6 is 11.6 Å². The monoisotopic (exact) mass is 498 g/mol. The summed E-state index contributed by atoms with van der Waals surface area (Å²) in [6.45, 7) is 5.98. The van der Waals surface area contributed by atoms with Crippen molar-refractivity contribution in [3.05, 3.63) is 34.9 Å². The lowest BCUT2D eigenvalue weighted by Gasteiger charge is -2.28. The molecule has 4 N–H and O–H groups in total. The number of urea groups is 1. The van der Waals surface area contributed by atoms with Gasteiger partial charge in [-0.25, -0.2) is 9.59 Å². The number of ether oxygens (including phenoxy) is 2. The number of carbonyl (C=O) groups is 2. The zero-order chi connectivity index (χ0) is 24.8. The molecule has 0 unspecified atom stereocenters. The van der Waals surface area contributed by atoms with Gasteiger partial charge in [-0.3, -0.25) is 0 Å². The van der Waals surface area contributed by atoms with Crippen LogP contribution < -0.4 is 16.0 Å². The lowest BCUT2D eigenvalue weighted by Crippen LogP contribution is -2.46. The second-order valence-electron chi connectivity index (χ2n) is 8.62. The molecular weight excluding hydrogens is 460 g/mol. The molecule has 0 bridgehead atoms. The summed E-state index contributed by atoms with van der Waals surface area (Å²) in [5.41, 5.74) is 0.888. The summed E-state index contributed by atoms with van der Waals surface area (Å²) in [7, 11) is 1.76. The highest BCUT2D eigenvalue weighted by molar-refractivity contribution is 6.30. The molecule has 3 atom stereocenters. The molecule has 1 aliphatic rings. The van der Waals surface area contributed by atoms with Crippen LogP contribution in [0.3, 0.4) is 0 Å². The normalized spacial score (nSPS) is 17.6. The molecule has 1 saturated heterocycles. The summed E-state index contributed by atoms with van der Waals surface area (Å²) >= 11 is 6.14. The highest BCUT2D eigenvalue weighted by Crippen LogP contribution is 2.24. The Hall–Kier alpha value is -2.07. The third-order valence-electron chi connectivity index (χ3n) is 5.86. The maximum absolute atomic E-state index is 12.7. The number of carbonyl (C=O) groups excluding carboxylic acids is 1. The average Bonchev–Trinajstić information content (AvgIpc) is 2.82. The van der Waals surface area contributed by atoms with E-state index in [1.165, 1.54) is 6.42 Å². The number of halogens is 1. The van der Waals surface area contributed by atoms with E-state index < -0.39 is 6.09 Å². The fraction of sp³-hybridized carbons (Fsp3) is 0.667. The largest absolute Gasteiger partial charge is 0.465 e. The number of nitrogens with zero attached hydrogens (tertiary/aromatic N) is 1. The molecule has 0 aliphatic carbocycles. The lowest BCUT2D eigenvalue weighted by molar-refractivity contribution is 0.0441. The standard InChI is InChI=1S/C24H39ClN4O5/c1-3-26-21(14-18-6-5-12-33-17-18)16-28-23(30)29(2)11-9-22(34-13-10-27-24(31)32)19-7-4-8-20(25)15-19/h4,7-8,15,18,21-22,26-27H,3,5-6,9-14,16-17H2,1-2H3,(H,28,30)(H,31,32)/t18-,21+,22-/m1/s1. The minimum atomic E-state index is -1.09. The van der Waals surface area contributed by atoms with Crippen LogP contribution in [-0.2, 0) is 9.47 Å². The van der Waals surface area contributed by atoms with Gasteiger partial charge in [0, 0.05) is 51.0 Å². The topological polar surface area (TPSA) is 112 Å². The molecule has 1 aliphatic heterocycles. The van der Waals surface area contributed by atoms with Gasteiger partial charge in [0.15, 0.2) is 0 Å². The maximum atomic E-state index is 12.7. The van der Waals surface area contributed by atoms with Crippen molar-refractivity contribution in [3.63, 3.8) is 0 Å². The number of rotatable bonds is 14. The third-order valence-corrected chi connectivity index (χ3v) is 6.09. The number of carboxylic acid groups (broad SMARTS) is 1. The highest BCUT2D eigenvalue weighted by atomic mass is 35.5. The molecule has 3 amide bonds. The first-order valence-corrected chi connectivity index (χ1v) is 12.4. The van der Waals surface area contributed by atoms with Gasteiger partial charge < -0.3 is 35.4 Å². The quantitative estimate of drug-likeness (QED) is 0.292. The van der Waals surface area contributed by atoms with Crippen LogP contribution in [0.25, 0.3) is 0 Å². The van der Waals surface area contributed by atoms with Gasteiger partial charge in [-0.15, -0.1) is 0 Å². The molecule has 1 aromatic carbocycles. The number of nitrogens with one attached hydrogen (secondary N) is 3. The molecule has 9 nitrogen and oxygen atoms in total. The molecule has 0 aromatic heterocycles. The van der Waals surface area contributed by atoms with E-state index in [9.17, 15) is 9.59 Å².